The van der Waals surface area contributed by atoms with Gasteiger partial charge in [0, 0.05) is 24.5 Å². The van der Waals surface area contributed by atoms with Crippen molar-refractivity contribution in [3.05, 3.63) is 41.8 Å². The molecule has 0 fully saturated rings. The molecule has 3 aromatic rings. The molecule has 6 heteroatoms. The molecule has 22 heavy (non-hydrogen) atoms. The Morgan fingerprint density at radius 1 is 1.27 bits per heavy atom. The summed E-state index contributed by atoms with van der Waals surface area (Å²) in [6.07, 6.45) is 1.96. The fraction of sp³-hybridized carbons (Fsp3) is 0.188. The molecular weight excluding hydrogens is 299 g/mol. The zero-order chi connectivity index (χ0) is 15.5. The monoisotopic (exact) mass is 312 g/mol. The number of aromatic nitrogens is 2. The van der Waals surface area contributed by atoms with Crippen molar-refractivity contribution in [3.8, 4) is 17.2 Å². The summed E-state index contributed by atoms with van der Waals surface area (Å²) >= 11 is 1.53. The molecule has 4 nitrogen and oxygen atoms in total. The highest BCUT2D eigenvalue weighted by molar-refractivity contribution is 7.17. The molecule has 0 unspecified atom stereocenters. The molecule has 0 amide bonds. The smallest absolute Gasteiger partial charge is 0.141 e. The average Bonchev–Trinajstić information content (AvgIpc) is 2.97. The number of hydrogen-bond donors (Lipinski definition) is 0. The van der Waals surface area contributed by atoms with Gasteiger partial charge in [-0.1, -0.05) is 12.1 Å². The highest BCUT2D eigenvalue weighted by Gasteiger charge is 2.15. The van der Waals surface area contributed by atoms with Crippen molar-refractivity contribution in [2.45, 2.75) is 6.42 Å². The Balaban J connectivity index is 2.12. The van der Waals surface area contributed by atoms with Crippen molar-refractivity contribution < 1.29 is 4.39 Å². The van der Waals surface area contributed by atoms with Gasteiger partial charge in [-0.25, -0.2) is 14.4 Å². The number of anilines is 1. The number of hydrogen-bond acceptors (Lipinski definition) is 5. The van der Waals surface area contributed by atoms with Crippen LogP contribution in [0.15, 0.2) is 36.0 Å². The molecule has 0 radical (unpaired) electrons. The van der Waals surface area contributed by atoms with E-state index in [1.165, 1.54) is 29.8 Å². The Morgan fingerprint density at radius 3 is 2.77 bits per heavy atom. The van der Waals surface area contributed by atoms with E-state index < -0.39 is 0 Å². The first-order chi connectivity index (χ1) is 10.7. The Bertz CT molecular complexity index is 835. The second-order valence-corrected chi connectivity index (χ2v) is 5.72. The summed E-state index contributed by atoms with van der Waals surface area (Å²) in [5.74, 6) is 0.534. The third-order valence-electron chi connectivity index (χ3n) is 3.43. The molecule has 2 aromatic heterocycles. The zero-order valence-electron chi connectivity index (χ0n) is 12.0. The van der Waals surface area contributed by atoms with Crippen LogP contribution in [0, 0.1) is 17.1 Å². The van der Waals surface area contributed by atoms with Gasteiger partial charge in [0.2, 0.25) is 0 Å². The largest absolute Gasteiger partial charge is 0.358 e. The van der Waals surface area contributed by atoms with Crippen molar-refractivity contribution in [2.75, 3.05) is 18.5 Å². The molecule has 0 bridgehead atoms. The first-order valence-corrected chi connectivity index (χ1v) is 7.65. The molecule has 0 aliphatic carbocycles. The highest BCUT2D eigenvalue weighted by Crippen LogP contribution is 2.37. The molecular formula is C16H13FN4S. The summed E-state index contributed by atoms with van der Waals surface area (Å²) in [6.45, 7) is 0.599. The Kier molecular flexibility index (Phi) is 3.98. The predicted molar refractivity (Wildman–Crippen MR) is 86.3 cm³/mol. The van der Waals surface area contributed by atoms with Crippen LogP contribution in [-0.4, -0.2) is 23.6 Å². The third-order valence-corrected chi connectivity index (χ3v) is 4.31. The van der Waals surface area contributed by atoms with Crippen LogP contribution in [0.5, 0.6) is 0 Å². The number of fused-ring (bicyclic) bond motifs is 1. The first-order valence-electron chi connectivity index (χ1n) is 6.77. The molecule has 0 aliphatic heterocycles. The molecule has 0 saturated carbocycles. The second kappa shape index (κ2) is 6.08. The number of nitriles is 1. The van der Waals surface area contributed by atoms with Gasteiger partial charge < -0.3 is 4.90 Å². The van der Waals surface area contributed by atoms with E-state index in [2.05, 4.69) is 16.0 Å². The number of halogens is 1. The fourth-order valence-electron chi connectivity index (χ4n) is 2.31. The van der Waals surface area contributed by atoms with Crippen LogP contribution >= 0.6 is 11.3 Å². The van der Waals surface area contributed by atoms with Crippen LogP contribution in [0.3, 0.4) is 0 Å². The normalized spacial score (nSPS) is 10.6. The van der Waals surface area contributed by atoms with Gasteiger partial charge >= 0.3 is 0 Å². The maximum Gasteiger partial charge on any atom is 0.141 e. The molecule has 110 valence electrons. The molecule has 1 aromatic carbocycles. The average molecular weight is 312 g/mol. The van der Waals surface area contributed by atoms with Crippen LogP contribution in [0.25, 0.3) is 21.3 Å². The molecule has 0 atom stereocenters. The van der Waals surface area contributed by atoms with Gasteiger partial charge in [0.1, 0.15) is 22.8 Å². The lowest BCUT2D eigenvalue weighted by atomic mass is 10.1. The standard InChI is InChI=1S/C16H13FN4S/c1-21(8-2-7-18)15-14-13(9-22-16(14)20-10-19-15)11-3-5-12(17)6-4-11/h3-6,9-10H,2,8H2,1H3. The lowest BCUT2D eigenvalue weighted by molar-refractivity contribution is 0.628. The SMILES string of the molecule is CN(CCC#N)c1ncnc2scc(-c3ccc(F)cc3)c12. The van der Waals surface area contributed by atoms with Gasteiger partial charge in [-0.15, -0.1) is 11.3 Å². The van der Waals surface area contributed by atoms with Gasteiger partial charge in [-0.2, -0.15) is 5.26 Å². The minimum absolute atomic E-state index is 0.258. The van der Waals surface area contributed by atoms with E-state index in [1.807, 2.05) is 17.3 Å². The van der Waals surface area contributed by atoms with Gasteiger partial charge in [0.05, 0.1) is 17.9 Å². The summed E-state index contributed by atoms with van der Waals surface area (Å²) in [5, 5.41) is 11.7. The Hall–Kier alpha value is -2.52. The van der Waals surface area contributed by atoms with E-state index in [1.54, 1.807) is 12.1 Å². The molecule has 0 aliphatic rings. The molecule has 0 N–H and O–H groups in total. The number of benzene rings is 1. The van der Waals surface area contributed by atoms with Crippen molar-refractivity contribution in [1.82, 2.24) is 9.97 Å². The Morgan fingerprint density at radius 2 is 2.05 bits per heavy atom. The van der Waals surface area contributed by atoms with Gasteiger partial charge in [0.25, 0.3) is 0 Å². The summed E-state index contributed by atoms with van der Waals surface area (Å²) in [7, 11) is 1.91. The quantitative estimate of drug-likeness (QED) is 0.734. The van der Waals surface area contributed by atoms with E-state index in [0.717, 1.165) is 27.2 Å². The summed E-state index contributed by atoms with van der Waals surface area (Å²) in [4.78, 5) is 11.5. The minimum Gasteiger partial charge on any atom is -0.358 e. The molecule has 2 heterocycles. The van der Waals surface area contributed by atoms with Crippen molar-refractivity contribution in [2.24, 2.45) is 0 Å². The maximum atomic E-state index is 13.1. The molecule has 0 spiro atoms. The lowest BCUT2D eigenvalue weighted by Crippen LogP contribution is -2.19. The van der Waals surface area contributed by atoms with Gasteiger partial charge in [0.15, 0.2) is 0 Å². The molecule has 0 saturated heterocycles. The first kappa shape index (κ1) is 14.4. The van der Waals surface area contributed by atoms with Crippen molar-refractivity contribution in [3.63, 3.8) is 0 Å². The zero-order valence-corrected chi connectivity index (χ0v) is 12.8. The fourth-order valence-corrected chi connectivity index (χ4v) is 3.22. The van der Waals surface area contributed by atoms with E-state index in [4.69, 9.17) is 5.26 Å². The van der Waals surface area contributed by atoms with Crippen LogP contribution in [0.4, 0.5) is 10.2 Å². The van der Waals surface area contributed by atoms with Crippen LogP contribution in [-0.2, 0) is 0 Å². The van der Waals surface area contributed by atoms with Gasteiger partial charge in [-0.05, 0) is 17.7 Å². The van der Waals surface area contributed by atoms with Crippen molar-refractivity contribution in [1.29, 1.82) is 5.26 Å². The van der Waals surface area contributed by atoms with Crippen molar-refractivity contribution >= 4 is 27.4 Å². The summed E-state index contributed by atoms with van der Waals surface area (Å²) in [6, 6.07) is 8.54. The Labute approximate surface area is 131 Å². The van der Waals surface area contributed by atoms with E-state index >= 15 is 0 Å². The van der Waals surface area contributed by atoms with Crippen LogP contribution in [0.1, 0.15) is 6.42 Å². The van der Waals surface area contributed by atoms with Crippen LogP contribution in [0.2, 0.25) is 0 Å². The molecule has 3 rings (SSSR count). The highest BCUT2D eigenvalue weighted by atomic mass is 32.1. The van der Waals surface area contributed by atoms with Crippen LogP contribution < -0.4 is 4.90 Å². The predicted octanol–water partition coefficient (Wildman–Crippen LogP) is 3.85. The maximum absolute atomic E-state index is 13.1. The number of thiophene rings is 1. The minimum atomic E-state index is -0.258. The number of nitrogens with zero attached hydrogens (tertiary/aromatic N) is 4. The van der Waals surface area contributed by atoms with Gasteiger partial charge in [-0.3, -0.25) is 0 Å². The number of rotatable bonds is 4. The lowest BCUT2D eigenvalue weighted by Gasteiger charge is -2.17. The summed E-state index contributed by atoms with van der Waals surface area (Å²) < 4.78 is 13.1. The van der Waals surface area contributed by atoms with E-state index in [9.17, 15) is 4.39 Å². The second-order valence-electron chi connectivity index (χ2n) is 4.86. The summed E-state index contributed by atoms with van der Waals surface area (Å²) in [5.41, 5.74) is 1.91. The van der Waals surface area contributed by atoms with E-state index in [-0.39, 0.29) is 5.82 Å². The third kappa shape index (κ3) is 2.63. The topological polar surface area (TPSA) is 52.8 Å². The van der Waals surface area contributed by atoms with E-state index in [0.29, 0.717) is 13.0 Å².